The Balaban J connectivity index is 1.66. The summed E-state index contributed by atoms with van der Waals surface area (Å²) in [6, 6.07) is 8.84. The van der Waals surface area contributed by atoms with Crippen LogP contribution in [-0.2, 0) is 9.53 Å². The number of rotatable bonds is 7. The van der Waals surface area contributed by atoms with Gasteiger partial charge < -0.3 is 15.4 Å². The van der Waals surface area contributed by atoms with Crippen molar-refractivity contribution in [1.29, 1.82) is 0 Å². The number of thiophene rings is 1. The topological polar surface area (TPSA) is 111 Å². The quantitative estimate of drug-likeness (QED) is 0.403. The van der Waals surface area contributed by atoms with E-state index in [0.717, 1.165) is 21.7 Å². The third-order valence-corrected chi connectivity index (χ3v) is 6.73. The van der Waals surface area contributed by atoms with Crippen LogP contribution < -0.4 is 10.6 Å². The summed E-state index contributed by atoms with van der Waals surface area (Å²) in [5, 5.41) is 20.1. The highest BCUT2D eigenvalue weighted by Crippen LogP contribution is 2.32. The number of esters is 1. The molecule has 166 valence electrons. The molecule has 2 amide bonds. The summed E-state index contributed by atoms with van der Waals surface area (Å²) in [7, 11) is 0. The number of urea groups is 1. The van der Waals surface area contributed by atoms with Crippen LogP contribution in [0.2, 0.25) is 0 Å². The highest BCUT2D eigenvalue weighted by atomic mass is 32.2. The second kappa shape index (κ2) is 9.53. The molecule has 0 radical (unpaired) electrons. The minimum atomic E-state index is -0.575. The van der Waals surface area contributed by atoms with Gasteiger partial charge in [0.05, 0.1) is 23.9 Å². The fraction of sp³-hybridized carbons (Fsp3) is 0.286. The molecule has 32 heavy (non-hydrogen) atoms. The molecule has 1 aliphatic heterocycles. The number of amides is 2. The number of carbonyl (C=O) groups is 2. The Labute approximate surface area is 193 Å². The summed E-state index contributed by atoms with van der Waals surface area (Å²) in [4.78, 5) is 26.1. The molecule has 0 bridgehead atoms. The van der Waals surface area contributed by atoms with Gasteiger partial charge in [0, 0.05) is 16.3 Å². The number of carbonyl (C=O) groups excluding carboxylic acids is 2. The Morgan fingerprint density at radius 3 is 2.88 bits per heavy atom. The van der Waals surface area contributed by atoms with E-state index in [1.165, 1.54) is 23.1 Å². The Bertz CT molecular complexity index is 1170. The van der Waals surface area contributed by atoms with Crippen LogP contribution in [0.4, 0.5) is 4.79 Å². The van der Waals surface area contributed by atoms with Gasteiger partial charge in [-0.1, -0.05) is 35.5 Å². The van der Waals surface area contributed by atoms with Crippen molar-refractivity contribution in [3.8, 4) is 5.69 Å². The maximum atomic E-state index is 12.8. The molecule has 1 aromatic carbocycles. The highest BCUT2D eigenvalue weighted by molar-refractivity contribution is 7.99. The van der Waals surface area contributed by atoms with Crippen molar-refractivity contribution >= 4 is 35.1 Å². The lowest BCUT2D eigenvalue weighted by Crippen LogP contribution is -2.46. The molecule has 0 saturated carbocycles. The van der Waals surface area contributed by atoms with E-state index in [2.05, 4.69) is 32.2 Å². The first kappa shape index (κ1) is 22.0. The van der Waals surface area contributed by atoms with Crippen molar-refractivity contribution in [2.24, 2.45) is 0 Å². The molecule has 9 nitrogen and oxygen atoms in total. The van der Waals surface area contributed by atoms with Gasteiger partial charge in [-0.2, -0.15) is 4.68 Å². The standard InChI is InChI=1S/C21H22N6O3S2/c1-4-30-19(28)17-14(22-20(29)23-18(17)16-6-5-9-31-16)11-32-21-24-25-26-27(21)15-8-7-12(2)10-13(15)3/h5-10,18H,4,11H2,1-3H3,(H2,22,23,29). The maximum Gasteiger partial charge on any atom is 0.338 e. The van der Waals surface area contributed by atoms with Crippen LogP contribution in [0.15, 0.2) is 52.1 Å². The molecule has 0 saturated heterocycles. The summed E-state index contributed by atoms with van der Waals surface area (Å²) in [6.07, 6.45) is 0. The van der Waals surface area contributed by atoms with E-state index in [1.54, 1.807) is 11.6 Å². The van der Waals surface area contributed by atoms with Crippen LogP contribution in [0.1, 0.15) is 29.0 Å². The zero-order valence-electron chi connectivity index (χ0n) is 17.8. The van der Waals surface area contributed by atoms with Gasteiger partial charge in [-0.25, -0.2) is 9.59 Å². The summed E-state index contributed by atoms with van der Waals surface area (Å²) in [5.74, 6) is -0.183. The Kier molecular flexibility index (Phi) is 6.56. The second-order valence-corrected chi connectivity index (χ2v) is 9.03. The van der Waals surface area contributed by atoms with Crippen LogP contribution in [-0.4, -0.2) is 44.6 Å². The van der Waals surface area contributed by atoms with Gasteiger partial charge in [-0.3, -0.25) is 0 Å². The maximum absolute atomic E-state index is 12.8. The van der Waals surface area contributed by atoms with E-state index in [0.29, 0.717) is 16.4 Å². The molecular formula is C21H22N6O3S2. The first-order chi connectivity index (χ1) is 15.5. The molecule has 3 heterocycles. The summed E-state index contributed by atoms with van der Waals surface area (Å²) in [5.41, 5.74) is 3.92. The molecule has 0 fully saturated rings. The number of aryl methyl sites for hydroxylation is 2. The average molecular weight is 471 g/mol. The van der Waals surface area contributed by atoms with Crippen LogP contribution in [0.3, 0.4) is 0 Å². The van der Waals surface area contributed by atoms with Gasteiger partial charge in [-0.15, -0.1) is 16.4 Å². The molecule has 0 spiro atoms. The molecule has 11 heteroatoms. The number of nitrogens with zero attached hydrogens (tertiary/aromatic N) is 4. The molecule has 4 rings (SSSR count). The lowest BCUT2D eigenvalue weighted by atomic mass is 10.0. The number of tetrazole rings is 1. The van der Waals surface area contributed by atoms with E-state index in [4.69, 9.17) is 4.74 Å². The zero-order valence-corrected chi connectivity index (χ0v) is 19.4. The van der Waals surface area contributed by atoms with E-state index in [9.17, 15) is 9.59 Å². The van der Waals surface area contributed by atoms with Crippen LogP contribution >= 0.6 is 23.1 Å². The van der Waals surface area contributed by atoms with Gasteiger partial charge in [0.1, 0.15) is 0 Å². The Hall–Kier alpha value is -3.18. The number of thioether (sulfide) groups is 1. The van der Waals surface area contributed by atoms with Crippen LogP contribution in [0, 0.1) is 13.8 Å². The Morgan fingerprint density at radius 2 is 2.16 bits per heavy atom. The third kappa shape index (κ3) is 4.53. The van der Waals surface area contributed by atoms with Crippen LogP contribution in [0.5, 0.6) is 0 Å². The molecule has 1 atom stereocenters. The lowest BCUT2D eigenvalue weighted by Gasteiger charge is -2.28. The van der Waals surface area contributed by atoms with Crippen molar-refractivity contribution in [2.45, 2.75) is 32.0 Å². The van der Waals surface area contributed by atoms with Crippen LogP contribution in [0.25, 0.3) is 5.69 Å². The van der Waals surface area contributed by atoms with Crippen molar-refractivity contribution in [3.63, 3.8) is 0 Å². The van der Waals surface area contributed by atoms with Gasteiger partial charge in [0.15, 0.2) is 0 Å². The minimum Gasteiger partial charge on any atom is -0.463 e. The van der Waals surface area contributed by atoms with E-state index >= 15 is 0 Å². The number of nitrogens with one attached hydrogen (secondary N) is 2. The number of benzene rings is 1. The van der Waals surface area contributed by atoms with Gasteiger partial charge in [-0.05, 0) is 54.3 Å². The normalized spacial score (nSPS) is 16.0. The Morgan fingerprint density at radius 1 is 1.31 bits per heavy atom. The third-order valence-electron chi connectivity index (χ3n) is 4.84. The minimum absolute atomic E-state index is 0.235. The van der Waals surface area contributed by atoms with Gasteiger partial charge in [0.2, 0.25) is 5.16 Å². The highest BCUT2D eigenvalue weighted by Gasteiger charge is 2.34. The van der Waals surface area contributed by atoms with Crippen molar-refractivity contribution in [1.82, 2.24) is 30.8 Å². The number of aromatic nitrogens is 4. The molecule has 2 N–H and O–H groups in total. The van der Waals surface area contributed by atoms with E-state index in [-0.39, 0.29) is 18.4 Å². The largest absolute Gasteiger partial charge is 0.463 e. The SMILES string of the molecule is CCOC(=O)C1=C(CSc2nnnn2-c2ccc(C)cc2C)NC(=O)NC1c1cccs1. The fourth-order valence-corrected chi connectivity index (χ4v) is 5.09. The predicted octanol–water partition coefficient (Wildman–Crippen LogP) is 3.30. The first-order valence-corrected chi connectivity index (χ1v) is 11.8. The molecule has 0 aliphatic carbocycles. The van der Waals surface area contributed by atoms with Gasteiger partial charge in [0.25, 0.3) is 0 Å². The van der Waals surface area contributed by atoms with Crippen molar-refractivity contribution in [3.05, 3.63) is 63.0 Å². The number of hydrogen-bond acceptors (Lipinski definition) is 8. The van der Waals surface area contributed by atoms with E-state index in [1.807, 2.05) is 43.5 Å². The summed E-state index contributed by atoms with van der Waals surface area (Å²) < 4.78 is 6.95. The zero-order chi connectivity index (χ0) is 22.7. The fourth-order valence-electron chi connectivity index (χ4n) is 3.45. The average Bonchev–Trinajstić information content (AvgIpc) is 3.44. The smallest absolute Gasteiger partial charge is 0.338 e. The predicted molar refractivity (Wildman–Crippen MR) is 122 cm³/mol. The molecule has 1 unspecified atom stereocenters. The lowest BCUT2D eigenvalue weighted by molar-refractivity contribution is -0.139. The monoisotopic (exact) mass is 470 g/mol. The first-order valence-electron chi connectivity index (χ1n) is 9.97. The molecular weight excluding hydrogens is 448 g/mol. The van der Waals surface area contributed by atoms with E-state index < -0.39 is 12.0 Å². The second-order valence-electron chi connectivity index (χ2n) is 7.11. The summed E-state index contributed by atoms with van der Waals surface area (Å²) in [6.45, 7) is 6.01. The molecule has 2 aromatic heterocycles. The molecule has 1 aliphatic rings. The number of hydrogen-bond donors (Lipinski definition) is 2. The van der Waals surface area contributed by atoms with Crippen molar-refractivity contribution < 1.29 is 14.3 Å². The van der Waals surface area contributed by atoms with Gasteiger partial charge >= 0.3 is 12.0 Å². The number of ether oxygens (including phenoxy) is 1. The van der Waals surface area contributed by atoms with Crippen molar-refractivity contribution in [2.75, 3.05) is 12.4 Å². The molecule has 3 aromatic rings. The summed E-state index contributed by atoms with van der Waals surface area (Å²) >= 11 is 2.79.